The first-order valence-corrected chi connectivity index (χ1v) is 7.60. The number of H-pyrrole nitrogens is 1. The van der Waals surface area contributed by atoms with Crippen LogP contribution in [-0.4, -0.2) is 15.3 Å². The number of hydrogen-bond donors (Lipinski definition) is 2. The highest BCUT2D eigenvalue weighted by atomic mass is 16.4. The van der Waals surface area contributed by atoms with E-state index in [1.54, 1.807) is 6.08 Å². The van der Waals surface area contributed by atoms with Crippen molar-refractivity contribution < 1.29 is 9.52 Å². The molecule has 0 aliphatic heterocycles. The van der Waals surface area contributed by atoms with E-state index in [0.29, 0.717) is 5.75 Å². The SMILES string of the molecule is CC(C)(C)c1cc(/C=C/c2n[nH]c(=O)o2)cc(C(C)(C)C)c1O. The minimum Gasteiger partial charge on any atom is -0.507 e. The lowest BCUT2D eigenvalue weighted by molar-refractivity contribution is 0.423. The molecule has 0 spiro atoms. The maximum absolute atomic E-state index is 11.0. The number of hydrogen-bond acceptors (Lipinski definition) is 4. The predicted molar refractivity (Wildman–Crippen MR) is 91.6 cm³/mol. The molecule has 2 N–H and O–H groups in total. The van der Waals surface area contributed by atoms with Gasteiger partial charge >= 0.3 is 5.76 Å². The van der Waals surface area contributed by atoms with Crippen molar-refractivity contribution in [3.8, 4) is 5.75 Å². The summed E-state index contributed by atoms with van der Waals surface area (Å²) >= 11 is 0. The van der Waals surface area contributed by atoms with E-state index in [1.165, 1.54) is 0 Å². The number of phenols is 1. The molecule has 0 saturated carbocycles. The zero-order chi connectivity index (χ0) is 17.4. The summed E-state index contributed by atoms with van der Waals surface area (Å²) in [5.74, 6) is -0.0211. The van der Waals surface area contributed by atoms with Gasteiger partial charge in [-0.3, -0.25) is 0 Å². The quantitative estimate of drug-likeness (QED) is 0.882. The number of rotatable bonds is 2. The van der Waals surface area contributed by atoms with Gasteiger partial charge in [0.2, 0.25) is 5.89 Å². The lowest BCUT2D eigenvalue weighted by Gasteiger charge is -2.27. The second-order valence-corrected chi connectivity index (χ2v) is 7.75. The summed E-state index contributed by atoms with van der Waals surface area (Å²) in [6, 6.07) is 3.90. The van der Waals surface area contributed by atoms with E-state index in [0.717, 1.165) is 16.7 Å². The van der Waals surface area contributed by atoms with Crippen molar-refractivity contribution in [2.24, 2.45) is 0 Å². The molecule has 1 aromatic heterocycles. The molecule has 0 atom stereocenters. The summed E-state index contributed by atoms with van der Waals surface area (Å²) in [5.41, 5.74) is 2.31. The summed E-state index contributed by atoms with van der Waals surface area (Å²) in [7, 11) is 0. The second kappa shape index (κ2) is 5.72. The van der Waals surface area contributed by atoms with Crippen LogP contribution in [0.15, 0.2) is 21.3 Å². The summed E-state index contributed by atoms with van der Waals surface area (Å²) in [6.45, 7) is 12.4. The Balaban J connectivity index is 2.56. The van der Waals surface area contributed by atoms with Crippen LogP contribution in [0.4, 0.5) is 0 Å². The highest BCUT2D eigenvalue weighted by molar-refractivity contribution is 5.68. The van der Waals surface area contributed by atoms with Gasteiger partial charge in [0.05, 0.1) is 0 Å². The van der Waals surface area contributed by atoms with Gasteiger partial charge in [-0.2, -0.15) is 0 Å². The summed E-state index contributed by atoms with van der Waals surface area (Å²) < 4.78 is 4.87. The average molecular weight is 316 g/mol. The first-order valence-electron chi connectivity index (χ1n) is 7.60. The molecule has 5 heteroatoms. The van der Waals surface area contributed by atoms with Crippen LogP contribution in [0.25, 0.3) is 12.2 Å². The molecule has 1 heterocycles. The molecule has 0 fully saturated rings. The third-order valence-electron chi connectivity index (χ3n) is 3.62. The number of aromatic amines is 1. The number of nitrogens with zero attached hydrogens (tertiary/aromatic N) is 1. The van der Waals surface area contributed by atoms with Crippen LogP contribution in [0.1, 0.15) is 64.1 Å². The van der Waals surface area contributed by atoms with Gasteiger partial charge in [0.1, 0.15) is 5.75 Å². The van der Waals surface area contributed by atoms with Crippen molar-refractivity contribution in [3.63, 3.8) is 0 Å². The Morgan fingerprint density at radius 2 is 1.57 bits per heavy atom. The van der Waals surface area contributed by atoms with Crippen molar-refractivity contribution in [1.29, 1.82) is 0 Å². The zero-order valence-electron chi connectivity index (χ0n) is 14.5. The third-order valence-corrected chi connectivity index (χ3v) is 3.62. The van der Waals surface area contributed by atoms with Crippen molar-refractivity contribution in [2.45, 2.75) is 52.4 Å². The second-order valence-electron chi connectivity index (χ2n) is 7.75. The zero-order valence-corrected chi connectivity index (χ0v) is 14.5. The van der Waals surface area contributed by atoms with Crippen LogP contribution >= 0.6 is 0 Å². The number of nitrogens with one attached hydrogen (secondary N) is 1. The topological polar surface area (TPSA) is 79.1 Å². The van der Waals surface area contributed by atoms with E-state index >= 15 is 0 Å². The minimum atomic E-state index is -0.582. The molecule has 5 nitrogen and oxygen atoms in total. The Hall–Kier alpha value is -2.30. The molecule has 0 aliphatic carbocycles. The molecule has 124 valence electrons. The van der Waals surface area contributed by atoms with Crippen LogP contribution in [0, 0.1) is 0 Å². The fraction of sp³-hybridized carbons (Fsp3) is 0.444. The smallest absolute Gasteiger partial charge is 0.434 e. The Morgan fingerprint density at radius 3 is 1.96 bits per heavy atom. The third kappa shape index (κ3) is 3.92. The summed E-state index contributed by atoms with van der Waals surface area (Å²) in [6.07, 6.45) is 3.45. The lowest BCUT2D eigenvalue weighted by Crippen LogP contribution is -2.17. The molecule has 0 unspecified atom stereocenters. The molecule has 0 amide bonds. The molecular formula is C18H24N2O3. The first kappa shape index (κ1) is 17.1. The van der Waals surface area contributed by atoms with E-state index in [4.69, 9.17) is 4.42 Å². The van der Waals surface area contributed by atoms with Gasteiger partial charge in [-0.1, -0.05) is 41.5 Å². The highest BCUT2D eigenvalue weighted by Gasteiger charge is 2.26. The molecule has 2 aromatic rings. The van der Waals surface area contributed by atoms with Crippen molar-refractivity contribution in [1.82, 2.24) is 10.2 Å². The fourth-order valence-electron chi connectivity index (χ4n) is 2.38. The number of aromatic nitrogens is 2. The molecule has 23 heavy (non-hydrogen) atoms. The molecular weight excluding hydrogens is 292 g/mol. The largest absolute Gasteiger partial charge is 0.507 e. The number of phenolic OH excluding ortho intramolecular Hbond substituents is 1. The maximum atomic E-state index is 11.0. The van der Waals surface area contributed by atoms with Crippen LogP contribution in [0.5, 0.6) is 5.75 Å². The van der Waals surface area contributed by atoms with E-state index in [1.807, 2.05) is 18.2 Å². The van der Waals surface area contributed by atoms with Crippen molar-refractivity contribution in [2.75, 3.05) is 0 Å². The van der Waals surface area contributed by atoms with Crippen LogP contribution in [0.3, 0.4) is 0 Å². The van der Waals surface area contributed by atoms with Gasteiger partial charge in [0.15, 0.2) is 0 Å². The van der Waals surface area contributed by atoms with Gasteiger partial charge in [-0.05, 0) is 34.6 Å². The van der Waals surface area contributed by atoms with Crippen molar-refractivity contribution in [3.05, 3.63) is 45.3 Å². The van der Waals surface area contributed by atoms with Gasteiger partial charge in [0.25, 0.3) is 0 Å². The fourth-order valence-corrected chi connectivity index (χ4v) is 2.38. The Kier molecular flexibility index (Phi) is 4.24. The summed E-state index contributed by atoms with van der Waals surface area (Å²) in [5, 5.41) is 16.6. The van der Waals surface area contributed by atoms with Crippen LogP contribution in [0.2, 0.25) is 0 Å². The van der Waals surface area contributed by atoms with Gasteiger partial charge in [-0.15, -0.1) is 5.10 Å². The van der Waals surface area contributed by atoms with Gasteiger partial charge in [0, 0.05) is 17.2 Å². The Bertz CT molecular complexity index is 749. The van der Waals surface area contributed by atoms with Crippen molar-refractivity contribution >= 4 is 12.2 Å². The standard InChI is InChI=1S/C18H24N2O3/c1-17(2,3)12-9-11(7-8-14-19-20-16(22)23-14)10-13(15(12)21)18(4,5)6/h7-10,21H,1-6H3,(H,20,22)/b8-7+. The Labute approximate surface area is 136 Å². The first-order chi connectivity index (χ1) is 10.5. The van der Waals surface area contributed by atoms with Gasteiger partial charge < -0.3 is 9.52 Å². The maximum Gasteiger partial charge on any atom is 0.434 e. The molecule has 0 aliphatic rings. The minimum absolute atomic E-state index is 0.188. The molecule has 0 bridgehead atoms. The van der Waals surface area contributed by atoms with Crippen LogP contribution in [-0.2, 0) is 10.8 Å². The lowest BCUT2D eigenvalue weighted by atomic mass is 9.78. The number of aromatic hydroxyl groups is 1. The van der Waals surface area contributed by atoms with E-state index in [9.17, 15) is 9.90 Å². The molecule has 0 radical (unpaired) electrons. The predicted octanol–water partition coefficient (Wildman–Crippen LogP) is 3.83. The normalized spacial score (nSPS) is 13.0. The van der Waals surface area contributed by atoms with Crippen LogP contribution < -0.4 is 5.76 Å². The van der Waals surface area contributed by atoms with Gasteiger partial charge in [-0.25, -0.2) is 9.89 Å². The van der Waals surface area contributed by atoms with E-state index in [-0.39, 0.29) is 16.7 Å². The molecule has 0 saturated heterocycles. The highest BCUT2D eigenvalue weighted by Crippen LogP contribution is 2.40. The van der Waals surface area contributed by atoms with E-state index in [2.05, 4.69) is 51.7 Å². The molecule has 1 aromatic carbocycles. The Morgan fingerprint density at radius 1 is 1.04 bits per heavy atom. The van der Waals surface area contributed by atoms with E-state index < -0.39 is 5.76 Å². The molecule has 2 rings (SSSR count). The average Bonchev–Trinajstić information content (AvgIpc) is 2.80. The number of benzene rings is 1. The monoisotopic (exact) mass is 316 g/mol. The summed E-state index contributed by atoms with van der Waals surface area (Å²) in [4.78, 5) is 11.0.